The lowest BCUT2D eigenvalue weighted by Gasteiger charge is -2.27. The zero-order valence-corrected chi connectivity index (χ0v) is 12.7. The van der Waals surface area contributed by atoms with Crippen LogP contribution in [0, 0.1) is 5.82 Å². The molecule has 0 saturated carbocycles. The Morgan fingerprint density at radius 2 is 2.00 bits per heavy atom. The summed E-state index contributed by atoms with van der Waals surface area (Å²) in [5.41, 5.74) is 2.02. The maximum Gasteiger partial charge on any atom is 0.165 e. The second-order valence-electron chi connectivity index (χ2n) is 5.69. The first-order chi connectivity index (χ1) is 9.61. The molecule has 1 fully saturated rings. The molecule has 0 spiro atoms. The molecule has 1 aliphatic rings. The summed E-state index contributed by atoms with van der Waals surface area (Å²) in [6.45, 7) is 9.33. The SMILES string of the molecule is COc1c(F)cc(C(C)C)cc1CCN1CCNCC1. The van der Waals surface area contributed by atoms with Crippen molar-refractivity contribution in [3.8, 4) is 5.75 Å². The van der Waals surface area contributed by atoms with Crippen LogP contribution in [0.1, 0.15) is 30.9 Å². The molecule has 1 saturated heterocycles. The lowest BCUT2D eigenvalue weighted by atomic mass is 9.98. The standard InChI is InChI=1S/C16H25FN2O/c1-12(2)14-10-13(16(20-3)15(17)11-14)4-7-19-8-5-18-6-9-19/h10-12,18H,4-9H2,1-3H3. The molecular formula is C16H25FN2O. The van der Waals surface area contributed by atoms with Gasteiger partial charge in [0.1, 0.15) is 0 Å². The minimum atomic E-state index is -0.242. The van der Waals surface area contributed by atoms with E-state index in [4.69, 9.17) is 4.74 Å². The van der Waals surface area contributed by atoms with Crippen molar-refractivity contribution in [2.45, 2.75) is 26.2 Å². The van der Waals surface area contributed by atoms with E-state index in [9.17, 15) is 4.39 Å². The van der Waals surface area contributed by atoms with Gasteiger partial charge in [-0.15, -0.1) is 0 Å². The Bertz CT molecular complexity index is 442. The topological polar surface area (TPSA) is 24.5 Å². The molecule has 1 N–H and O–H groups in total. The van der Waals surface area contributed by atoms with Crippen molar-refractivity contribution in [3.63, 3.8) is 0 Å². The molecule has 2 rings (SSSR count). The molecule has 0 aliphatic carbocycles. The zero-order chi connectivity index (χ0) is 14.5. The Morgan fingerprint density at radius 1 is 1.30 bits per heavy atom. The Labute approximate surface area is 121 Å². The normalized spacial score (nSPS) is 16.6. The molecule has 112 valence electrons. The van der Waals surface area contributed by atoms with Crippen LogP contribution in [0.3, 0.4) is 0 Å². The number of nitrogens with zero attached hydrogens (tertiary/aromatic N) is 1. The first-order valence-corrected chi connectivity index (χ1v) is 7.41. The van der Waals surface area contributed by atoms with Gasteiger partial charge in [-0.05, 0) is 29.5 Å². The van der Waals surface area contributed by atoms with E-state index in [-0.39, 0.29) is 5.82 Å². The van der Waals surface area contributed by atoms with Crippen molar-refractivity contribution in [2.24, 2.45) is 0 Å². The Kier molecular flexibility index (Phi) is 5.38. The number of nitrogens with one attached hydrogen (secondary N) is 1. The van der Waals surface area contributed by atoms with Crippen LogP contribution in [0.2, 0.25) is 0 Å². The van der Waals surface area contributed by atoms with Gasteiger partial charge < -0.3 is 15.0 Å². The molecule has 1 aromatic rings. The molecule has 4 heteroatoms. The predicted molar refractivity (Wildman–Crippen MR) is 80.1 cm³/mol. The summed E-state index contributed by atoms with van der Waals surface area (Å²) in [6.07, 6.45) is 0.834. The number of piperazine rings is 1. The van der Waals surface area contributed by atoms with Gasteiger partial charge in [0.2, 0.25) is 0 Å². The summed E-state index contributed by atoms with van der Waals surface area (Å²) in [6, 6.07) is 3.69. The second-order valence-corrected chi connectivity index (χ2v) is 5.69. The van der Waals surface area contributed by atoms with E-state index in [2.05, 4.69) is 30.1 Å². The molecule has 0 amide bonds. The Balaban J connectivity index is 2.11. The van der Waals surface area contributed by atoms with E-state index in [1.54, 1.807) is 13.2 Å². The average molecular weight is 280 g/mol. The quantitative estimate of drug-likeness (QED) is 0.896. The molecular weight excluding hydrogens is 255 g/mol. The Hall–Kier alpha value is -1.13. The fourth-order valence-corrected chi connectivity index (χ4v) is 2.63. The number of ether oxygens (including phenoxy) is 1. The lowest BCUT2D eigenvalue weighted by molar-refractivity contribution is 0.242. The third-order valence-electron chi connectivity index (χ3n) is 3.92. The largest absolute Gasteiger partial charge is 0.493 e. The summed E-state index contributed by atoms with van der Waals surface area (Å²) < 4.78 is 19.3. The fourth-order valence-electron chi connectivity index (χ4n) is 2.63. The number of methoxy groups -OCH3 is 1. The maximum absolute atomic E-state index is 14.1. The van der Waals surface area contributed by atoms with Crippen molar-refractivity contribution >= 4 is 0 Å². The summed E-state index contributed by atoms with van der Waals surface area (Å²) in [5, 5.41) is 3.34. The van der Waals surface area contributed by atoms with Crippen LogP contribution in [0.5, 0.6) is 5.75 Å². The molecule has 0 atom stereocenters. The van der Waals surface area contributed by atoms with Crippen LogP contribution in [0.4, 0.5) is 4.39 Å². The summed E-state index contributed by atoms with van der Waals surface area (Å²) in [5.74, 6) is 0.492. The molecule has 3 nitrogen and oxygen atoms in total. The van der Waals surface area contributed by atoms with Crippen LogP contribution in [0.15, 0.2) is 12.1 Å². The molecule has 1 aromatic carbocycles. The number of halogens is 1. The number of rotatable bonds is 5. The first kappa shape index (κ1) is 15.3. The van der Waals surface area contributed by atoms with Gasteiger partial charge in [0, 0.05) is 32.7 Å². The number of benzene rings is 1. The number of hydrogen-bond acceptors (Lipinski definition) is 3. The van der Waals surface area contributed by atoms with E-state index in [1.165, 1.54) is 0 Å². The van der Waals surface area contributed by atoms with Gasteiger partial charge in [-0.2, -0.15) is 0 Å². The van der Waals surface area contributed by atoms with Crippen molar-refractivity contribution < 1.29 is 9.13 Å². The third kappa shape index (κ3) is 3.70. The number of hydrogen-bond donors (Lipinski definition) is 1. The summed E-state index contributed by atoms with van der Waals surface area (Å²) in [7, 11) is 1.54. The van der Waals surface area contributed by atoms with Crippen molar-refractivity contribution in [3.05, 3.63) is 29.1 Å². The van der Waals surface area contributed by atoms with E-state index < -0.39 is 0 Å². The smallest absolute Gasteiger partial charge is 0.165 e. The minimum Gasteiger partial charge on any atom is -0.493 e. The van der Waals surface area contributed by atoms with Gasteiger partial charge in [0.15, 0.2) is 11.6 Å². The van der Waals surface area contributed by atoms with E-state index in [0.717, 1.165) is 50.3 Å². The molecule has 0 radical (unpaired) electrons. The minimum absolute atomic E-state index is 0.242. The van der Waals surface area contributed by atoms with Crippen LogP contribution >= 0.6 is 0 Å². The average Bonchev–Trinajstić information content (AvgIpc) is 2.45. The molecule has 0 unspecified atom stereocenters. The van der Waals surface area contributed by atoms with Crippen LogP contribution in [-0.4, -0.2) is 44.7 Å². The highest BCUT2D eigenvalue weighted by atomic mass is 19.1. The van der Waals surface area contributed by atoms with Gasteiger partial charge in [0.05, 0.1) is 7.11 Å². The van der Waals surface area contributed by atoms with Crippen LogP contribution in [-0.2, 0) is 6.42 Å². The van der Waals surface area contributed by atoms with Crippen molar-refractivity contribution in [2.75, 3.05) is 39.8 Å². The third-order valence-corrected chi connectivity index (χ3v) is 3.92. The van der Waals surface area contributed by atoms with Gasteiger partial charge in [-0.1, -0.05) is 19.9 Å². The molecule has 20 heavy (non-hydrogen) atoms. The van der Waals surface area contributed by atoms with E-state index >= 15 is 0 Å². The van der Waals surface area contributed by atoms with Gasteiger partial charge in [-0.25, -0.2) is 4.39 Å². The van der Waals surface area contributed by atoms with Gasteiger partial charge in [0.25, 0.3) is 0 Å². The fraction of sp³-hybridized carbons (Fsp3) is 0.625. The first-order valence-electron chi connectivity index (χ1n) is 7.41. The zero-order valence-electron chi connectivity index (χ0n) is 12.7. The highest BCUT2D eigenvalue weighted by Gasteiger charge is 2.15. The van der Waals surface area contributed by atoms with Gasteiger partial charge >= 0.3 is 0 Å². The van der Waals surface area contributed by atoms with Crippen LogP contribution in [0.25, 0.3) is 0 Å². The van der Waals surface area contributed by atoms with E-state index in [1.807, 2.05) is 0 Å². The highest BCUT2D eigenvalue weighted by molar-refractivity contribution is 5.40. The molecule has 1 heterocycles. The van der Waals surface area contributed by atoms with Gasteiger partial charge in [-0.3, -0.25) is 0 Å². The Morgan fingerprint density at radius 3 is 2.60 bits per heavy atom. The summed E-state index contributed by atoms with van der Waals surface area (Å²) in [4.78, 5) is 2.41. The van der Waals surface area contributed by atoms with Crippen LogP contribution < -0.4 is 10.1 Å². The monoisotopic (exact) mass is 280 g/mol. The van der Waals surface area contributed by atoms with Crippen molar-refractivity contribution in [1.82, 2.24) is 10.2 Å². The lowest BCUT2D eigenvalue weighted by Crippen LogP contribution is -2.44. The molecule has 0 aromatic heterocycles. The molecule has 1 aliphatic heterocycles. The molecule has 0 bridgehead atoms. The van der Waals surface area contributed by atoms with Crippen molar-refractivity contribution in [1.29, 1.82) is 0 Å². The maximum atomic E-state index is 14.1. The highest BCUT2D eigenvalue weighted by Crippen LogP contribution is 2.28. The summed E-state index contributed by atoms with van der Waals surface area (Å²) >= 11 is 0. The second kappa shape index (κ2) is 7.04. The predicted octanol–water partition coefficient (Wildman–Crippen LogP) is 2.41. The van der Waals surface area contributed by atoms with E-state index in [0.29, 0.717) is 11.7 Å².